The highest BCUT2D eigenvalue weighted by molar-refractivity contribution is 6.29. The molecule has 1 aliphatic rings. The number of hydrogen-bond acceptors (Lipinski definition) is 4. The molecule has 0 bridgehead atoms. The van der Waals surface area contributed by atoms with E-state index in [0.717, 1.165) is 5.39 Å². The van der Waals surface area contributed by atoms with Crippen molar-refractivity contribution in [1.29, 1.82) is 0 Å². The topological polar surface area (TPSA) is 62.7 Å². The maximum Gasteiger partial charge on any atom is 0.387 e. The molecule has 0 unspecified atom stereocenters. The number of para-hydroxylation sites is 1. The Morgan fingerprint density at radius 3 is 2.32 bits per heavy atom. The standard InChI is InChI=1S/C22H18ClF2N3O3/c23-19-8-6-14-13-15(5-7-17(14)26-19)20(29)27-9-11-28(12-10-27)21(30)16-3-1-2-4-18(16)31-22(24)25/h1-8,13,22H,9-12H2. The van der Waals surface area contributed by atoms with Crippen LogP contribution in [0.1, 0.15) is 20.7 Å². The summed E-state index contributed by atoms with van der Waals surface area (Å²) >= 11 is 5.90. The average molecular weight is 446 g/mol. The van der Waals surface area contributed by atoms with Gasteiger partial charge in [0, 0.05) is 37.1 Å². The molecule has 3 aromatic rings. The molecule has 9 heteroatoms. The van der Waals surface area contributed by atoms with E-state index in [-0.39, 0.29) is 17.2 Å². The normalized spacial score (nSPS) is 14.2. The van der Waals surface area contributed by atoms with Crippen molar-refractivity contribution < 1.29 is 23.1 Å². The number of pyridine rings is 1. The molecule has 0 radical (unpaired) electrons. The van der Waals surface area contributed by atoms with Gasteiger partial charge in [-0.1, -0.05) is 23.7 Å². The number of piperazine rings is 1. The summed E-state index contributed by atoms with van der Waals surface area (Å²) < 4.78 is 29.7. The predicted molar refractivity (Wildman–Crippen MR) is 112 cm³/mol. The number of amides is 2. The first-order valence-corrected chi connectivity index (χ1v) is 9.99. The smallest absolute Gasteiger partial charge is 0.387 e. The maximum absolute atomic E-state index is 12.9. The van der Waals surface area contributed by atoms with Crippen LogP contribution in [0.4, 0.5) is 8.78 Å². The zero-order valence-electron chi connectivity index (χ0n) is 16.3. The third kappa shape index (κ3) is 4.59. The Hall–Kier alpha value is -3.26. The molecule has 2 aromatic carbocycles. The minimum atomic E-state index is -3.02. The van der Waals surface area contributed by atoms with E-state index in [9.17, 15) is 18.4 Å². The molecule has 2 amide bonds. The van der Waals surface area contributed by atoms with E-state index in [1.54, 1.807) is 41.3 Å². The number of fused-ring (bicyclic) bond motifs is 1. The van der Waals surface area contributed by atoms with Gasteiger partial charge in [-0.2, -0.15) is 8.78 Å². The van der Waals surface area contributed by atoms with Gasteiger partial charge in [0.15, 0.2) is 0 Å². The van der Waals surface area contributed by atoms with Crippen LogP contribution in [0.3, 0.4) is 0 Å². The Bertz CT molecular complexity index is 1130. The van der Waals surface area contributed by atoms with Crippen molar-refractivity contribution in [2.24, 2.45) is 0 Å². The first-order chi connectivity index (χ1) is 14.9. The van der Waals surface area contributed by atoms with Gasteiger partial charge in [-0.3, -0.25) is 9.59 Å². The van der Waals surface area contributed by atoms with Crippen LogP contribution in [0, 0.1) is 0 Å². The van der Waals surface area contributed by atoms with E-state index in [0.29, 0.717) is 42.4 Å². The zero-order chi connectivity index (χ0) is 22.0. The Morgan fingerprint density at radius 2 is 1.61 bits per heavy atom. The summed E-state index contributed by atoms with van der Waals surface area (Å²) in [5.41, 5.74) is 1.29. The molecule has 1 saturated heterocycles. The highest BCUT2D eigenvalue weighted by Gasteiger charge is 2.27. The number of carbonyl (C=O) groups is 2. The predicted octanol–water partition coefficient (Wildman–Crippen LogP) is 4.09. The van der Waals surface area contributed by atoms with Gasteiger partial charge in [0.25, 0.3) is 11.8 Å². The number of nitrogens with zero attached hydrogens (tertiary/aromatic N) is 3. The summed E-state index contributed by atoms with van der Waals surface area (Å²) in [6.07, 6.45) is 0. The van der Waals surface area contributed by atoms with E-state index < -0.39 is 12.5 Å². The third-order valence-corrected chi connectivity index (χ3v) is 5.30. The van der Waals surface area contributed by atoms with Crippen molar-refractivity contribution in [1.82, 2.24) is 14.8 Å². The lowest BCUT2D eigenvalue weighted by Crippen LogP contribution is -2.50. The average Bonchev–Trinajstić information content (AvgIpc) is 2.78. The van der Waals surface area contributed by atoms with Crippen molar-refractivity contribution in [3.63, 3.8) is 0 Å². The second-order valence-electron chi connectivity index (χ2n) is 7.00. The number of ether oxygens (including phenoxy) is 1. The summed E-state index contributed by atoms with van der Waals surface area (Å²) in [6.45, 7) is -1.77. The fourth-order valence-electron chi connectivity index (χ4n) is 3.54. The molecule has 2 heterocycles. The van der Waals surface area contributed by atoms with E-state index in [1.165, 1.54) is 23.1 Å². The van der Waals surface area contributed by atoms with Crippen molar-refractivity contribution in [3.8, 4) is 5.75 Å². The SMILES string of the molecule is O=C(c1ccc2nc(Cl)ccc2c1)N1CCN(C(=O)c2ccccc2OC(F)F)CC1. The zero-order valence-corrected chi connectivity index (χ0v) is 17.1. The van der Waals surface area contributed by atoms with Crippen LogP contribution in [0.2, 0.25) is 5.15 Å². The van der Waals surface area contributed by atoms with Crippen molar-refractivity contribution in [3.05, 3.63) is 70.9 Å². The fourth-order valence-corrected chi connectivity index (χ4v) is 3.70. The van der Waals surface area contributed by atoms with E-state index in [2.05, 4.69) is 9.72 Å². The number of aromatic nitrogens is 1. The molecular formula is C22H18ClF2N3O3. The maximum atomic E-state index is 12.9. The molecule has 0 aliphatic carbocycles. The first-order valence-electron chi connectivity index (χ1n) is 9.61. The summed E-state index contributed by atoms with van der Waals surface area (Å²) in [5.74, 6) is -0.715. The lowest BCUT2D eigenvalue weighted by atomic mass is 10.1. The molecule has 31 heavy (non-hydrogen) atoms. The molecule has 160 valence electrons. The second-order valence-corrected chi connectivity index (χ2v) is 7.39. The summed E-state index contributed by atoms with van der Waals surface area (Å²) in [6, 6.07) is 14.6. The highest BCUT2D eigenvalue weighted by atomic mass is 35.5. The molecule has 6 nitrogen and oxygen atoms in total. The molecule has 4 rings (SSSR count). The molecule has 0 atom stereocenters. The minimum absolute atomic E-state index is 0.0725. The number of alkyl halides is 2. The number of benzene rings is 2. The number of rotatable bonds is 4. The lowest BCUT2D eigenvalue weighted by Gasteiger charge is -2.35. The lowest BCUT2D eigenvalue weighted by molar-refractivity contribution is -0.0503. The van der Waals surface area contributed by atoms with Gasteiger partial charge < -0.3 is 14.5 Å². The van der Waals surface area contributed by atoms with Crippen LogP contribution in [0.5, 0.6) is 5.75 Å². The summed E-state index contributed by atoms with van der Waals surface area (Å²) in [5, 5.41) is 1.19. The molecular weight excluding hydrogens is 428 g/mol. The first kappa shape index (κ1) is 21.0. The fraction of sp³-hybridized carbons (Fsp3) is 0.227. The van der Waals surface area contributed by atoms with Crippen LogP contribution in [-0.2, 0) is 0 Å². The van der Waals surface area contributed by atoms with Gasteiger partial charge in [0.2, 0.25) is 0 Å². The van der Waals surface area contributed by atoms with E-state index >= 15 is 0 Å². The third-order valence-electron chi connectivity index (χ3n) is 5.09. The molecule has 0 N–H and O–H groups in total. The van der Waals surface area contributed by atoms with Crippen LogP contribution >= 0.6 is 11.6 Å². The minimum Gasteiger partial charge on any atom is -0.434 e. The van der Waals surface area contributed by atoms with Crippen molar-refractivity contribution in [2.45, 2.75) is 6.61 Å². The van der Waals surface area contributed by atoms with Gasteiger partial charge in [0.1, 0.15) is 10.9 Å². The Kier molecular flexibility index (Phi) is 5.99. The molecule has 1 aliphatic heterocycles. The molecule has 0 spiro atoms. The second kappa shape index (κ2) is 8.85. The molecule has 0 saturated carbocycles. The quantitative estimate of drug-likeness (QED) is 0.567. The molecule has 1 aromatic heterocycles. The number of halogens is 3. The van der Waals surface area contributed by atoms with E-state index in [4.69, 9.17) is 11.6 Å². The van der Waals surface area contributed by atoms with Crippen LogP contribution in [-0.4, -0.2) is 59.4 Å². The Balaban J connectivity index is 1.43. The summed E-state index contributed by atoms with van der Waals surface area (Å²) in [7, 11) is 0. The highest BCUT2D eigenvalue weighted by Crippen LogP contribution is 2.23. The van der Waals surface area contributed by atoms with Gasteiger partial charge in [-0.15, -0.1) is 0 Å². The largest absolute Gasteiger partial charge is 0.434 e. The molecule has 1 fully saturated rings. The van der Waals surface area contributed by atoms with E-state index in [1.807, 2.05) is 0 Å². The Morgan fingerprint density at radius 1 is 0.935 bits per heavy atom. The number of carbonyl (C=O) groups excluding carboxylic acids is 2. The Labute approximate surface area is 182 Å². The van der Waals surface area contributed by atoms with Crippen molar-refractivity contribution in [2.75, 3.05) is 26.2 Å². The monoisotopic (exact) mass is 445 g/mol. The van der Waals surface area contributed by atoms with Gasteiger partial charge in [-0.25, -0.2) is 4.98 Å². The van der Waals surface area contributed by atoms with Gasteiger partial charge >= 0.3 is 6.61 Å². The van der Waals surface area contributed by atoms with Crippen LogP contribution < -0.4 is 4.74 Å². The van der Waals surface area contributed by atoms with Gasteiger partial charge in [-0.05, 0) is 42.5 Å². The number of hydrogen-bond donors (Lipinski definition) is 0. The summed E-state index contributed by atoms with van der Waals surface area (Å²) in [4.78, 5) is 33.1. The van der Waals surface area contributed by atoms with Crippen molar-refractivity contribution >= 4 is 34.3 Å². The van der Waals surface area contributed by atoms with Gasteiger partial charge in [0.05, 0.1) is 11.1 Å². The van der Waals surface area contributed by atoms with Crippen LogP contribution in [0.25, 0.3) is 10.9 Å². The van der Waals surface area contributed by atoms with Crippen LogP contribution in [0.15, 0.2) is 54.6 Å².